The Morgan fingerprint density at radius 3 is 2.47 bits per heavy atom. The van der Waals surface area contributed by atoms with Crippen molar-refractivity contribution in [2.45, 2.75) is 52.6 Å². The Hall–Kier alpha value is -2.78. The lowest BCUT2D eigenvalue weighted by Gasteiger charge is -2.29. The highest BCUT2D eigenvalue weighted by Gasteiger charge is 2.26. The van der Waals surface area contributed by atoms with E-state index in [1.165, 1.54) is 17.5 Å². The molecule has 0 aromatic heterocycles. The summed E-state index contributed by atoms with van der Waals surface area (Å²) in [5.41, 5.74) is 2.37. The molecule has 0 spiro atoms. The Kier molecular flexibility index (Phi) is 11.0. The number of aryl methyl sites for hydroxylation is 1. The fourth-order valence-electron chi connectivity index (χ4n) is 3.80. The summed E-state index contributed by atoms with van der Waals surface area (Å²) in [6.45, 7) is 6.54. The number of nitrogens with zero attached hydrogens (tertiary/aromatic N) is 2. The Morgan fingerprint density at radius 1 is 1.17 bits per heavy atom. The van der Waals surface area contributed by atoms with E-state index in [9.17, 15) is 18.0 Å². The molecule has 1 atom stereocenters. The van der Waals surface area contributed by atoms with E-state index in [0.29, 0.717) is 18.0 Å². The van der Waals surface area contributed by atoms with Gasteiger partial charge in [0.25, 0.3) is 0 Å². The molecule has 0 aliphatic heterocycles. The minimum atomic E-state index is -3.62. The van der Waals surface area contributed by atoms with Crippen molar-refractivity contribution in [1.29, 1.82) is 0 Å². The van der Waals surface area contributed by atoms with Gasteiger partial charge in [0.15, 0.2) is 0 Å². The molecule has 2 rings (SSSR count). The predicted molar refractivity (Wildman–Crippen MR) is 144 cm³/mol. The fraction of sp³-hybridized carbons (Fsp3) is 0.462. The number of halogens is 1. The van der Waals surface area contributed by atoms with Gasteiger partial charge in [0.2, 0.25) is 21.8 Å². The minimum absolute atomic E-state index is 0.0765. The molecule has 0 fully saturated rings. The quantitative estimate of drug-likeness (QED) is 0.414. The number of hydrogen-bond donors (Lipinski definition) is 1. The molecule has 1 N–H and O–H groups in total. The standard InChI is InChI=1S/C26H36ClN3O5S/c1-6-14-28-26(32)20(3)29(18-21-10-7-9-19(2)16-21)25(31)11-8-15-30(36(5,33)34)22-12-13-24(35-4)23(27)17-22/h7,9-10,12-13,16-17,20H,6,8,11,14-15,18H2,1-5H3,(H,28,32). The summed E-state index contributed by atoms with van der Waals surface area (Å²) in [5.74, 6) is -0.00784. The van der Waals surface area contributed by atoms with Crippen LogP contribution in [0, 0.1) is 6.92 Å². The van der Waals surface area contributed by atoms with Crippen molar-refractivity contribution in [3.05, 3.63) is 58.6 Å². The molecule has 198 valence electrons. The number of rotatable bonds is 13. The Labute approximate surface area is 219 Å². The van der Waals surface area contributed by atoms with Gasteiger partial charge in [-0.3, -0.25) is 13.9 Å². The molecule has 0 saturated carbocycles. The van der Waals surface area contributed by atoms with Crippen LogP contribution in [0.1, 0.15) is 44.2 Å². The van der Waals surface area contributed by atoms with Crippen LogP contribution in [0.5, 0.6) is 5.75 Å². The number of benzene rings is 2. The number of carbonyl (C=O) groups excluding carboxylic acids is 2. The van der Waals surface area contributed by atoms with E-state index in [0.717, 1.165) is 23.8 Å². The van der Waals surface area contributed by atoms with Gasteiger partial charge >= 0.3 is 0 Å². The van der Waals surface area contributed by atoms with Crippen LogP contribution < -0.4 is 14.4 Å². The molecule has 0 saturated heterocycles. The Bertz CT molecular complexity index is 1160. The molecule has 2 aromatic carbocycles. The summed E-state index contributed by atoms with van der Waals surface area (Å²) in [5, 5.41) is 3.14. The highest BCUT2D eigenvalue weighted by atomic mass is 35.5. The molecule has 0 heterocycles. The molecule has 0 radical (unpaired) electrons. The van der Waals surface area contributed by atoms with Crippen LogP contribution in [-0.4, -0.2) is 57.6 Å². The van der Waals surface area contributed by atoms with Crippen LogP contribution in [0.15, 0.2) is 42.5 Å². The van der Waals surface area contributed by atoms with Gasteiger partial charge in [0, 0.05) is 26.1 Å². The molecule has 1 unspecified atom stereocenters. The van der Waals surface area contributed by atoms with Crippen LogP contribution in [0.3, 0.4) is 0 Å². The number of nitrogens with one attached hydrogen (secondary N) is 1. The molecule has 10 heteroatoms. The van der Waals surface area contributed by atoms with E-state index in [4.69, 9.17) is 16.3 Å². The summed E-state index contributed by atoms with van der Waals surface area (Å²) in [7, 11) is -2.14. The van der Waals surface area contributed by atoms with Gasteiger partial charge < -0.3 is 15.0 Å². The summed E-state index contributed by atoms with van der Waals surface area (Å²) >= 11 is 6.19. The van der Waals surface area contributed by atoms with E-state index in [1.54, 1.807) is 24.0 Å². The lowest BCUT2D eigenvalue weighted by molar-refractivity contribution is -0.140. The SMILES string of the molecule is CCCNC(=O)C(C)N(Cc1cccc(C)c1)C(=O)CCCN(c1ccc(OC)c(Cl)c1)S(C)(=O)=O. The van der Waals surface area contributed by atoms with E-state index >= 15 is 0 Å². The highest BCUT2D eigenvalue weighted by molar-refractivity contribution is 7.92. The normalized spacial score (nSPS) is 12.1. The number of sulfonamides is 1. The molecule has 2 aromatic rings. The lowest BCUT2D eigenvalue weighted by atomic mass is 10.1. The van der Waals surface area contributed by atoms with Crippen LogP contribution in [0.25, 0.3) is 0 Å². The smallest absolute Gasteiger partial charge is 0.242 e. The van der Waals surface area contributed by atoms with Gasteiger partial charge in [-0.2, -0.15) is 0 Å². The Morgan fingerprint density at radius 2 is 1.89 bits per heavy atom. The zero-order valence-electron chi connectivity index (χ0n) is 21.6. The van der Waals surface area contributed by atoms with Crippen LogP contribution in [0.2, 0.25) is 5.02 Å². The largest absolute Gasteiger partial charge is 0.495 e. The maximum absolute atomic E-state index is 13.3. The van der Waals surface area contributed by atoms with Gasteiger partial charge in [-0.05, 0) is 50.5 Å². The molecular formula is C26H36ClN3O5S. The van der Waals surface area contributed by atoms with E-state index in [1.807, 2.05) is 38.1 Å². The van der Waals surface area contributed by atoms with Crippen molar-refractivity contribution in [2.24, 2.45) is 0 Å². The zero-order chi connectivity index (χ0) is 26.9. The van der Waals surface area contributed by atoms with E-state index in [-0.39, 0.29) is 42.8 Å². The topological polar surface area (TPSA) is 96.0 Å². The van der Waals surface area contributed by atoms with Crippen molar-refractivity contribution in [3.63, 3.8) is 0 Å². The Balaban J connectivity index is 2.18. The third kappa shape index (κ3) is 8.41. The van der Waals surface area contributed by atoms with Crippen molar-refractivity contribution in [2.75, 3.05) is 30.8 Å². The first-order valence-electron chi connectivity index (χ1n) is 11.9. The average molecular weight is 538 g/mol. The van der Waals surface area contributed by atoms with Gasteiger partial charge in [-0.1, -0.05) is 48.4 Å². The molecule has 0 aliphatic rings. The maximum atomic E-state index is 13.3. The maximum Gasteiger partial charge on any atom is 0.242 e. The number of anilines is 1. The predicted octanol–water partition coefficient (Wildman–Crippen LogP) is 4.15. The van der Waals surface area contributed by atoms with Gasteiger partial charge in [-0.15, -0.1) is 0 Å². The molecule has 0 bridgehead atoms. The third-order valence-electron chi connectivity index (χ3n) is 5.73. The lowest BCUT2D eigenvalue weighted by Crippen LogP contribution is -2.47. The second-order valence-corrected chi connectivity index (χ2v) is 11.0. The van der Waals surface area contributed by atoms with Crippen molar-refractivity contribution >= 4 is 39.1 Å². The average Bonchev–Trinajstić information content (AvgIpc) is 2.82. The van der Waals surface area contributed by atoms with Gasteiger partial charge in [0.1, 0.15) is 11.8 Å². The minimum Gasteiger partial charge on any atom is -0.495 e. The third-order valence-corrected chi connectivity index (χ3v) is 7.22. The summed E-state index contributed by atoms with van der Waals surface area (Å²) in [6.07, 6.45) is 2.24. The number of ether oxygens (including phenoxy) is 1. The zero-order valence-corrected chi connectivity index (χ0v) is 23.2. The van der Waals surface area contributed by atoms with Crippen LogP contribution in [-0.2, 0) is 26.2 Å². The van der Waals surface area contributed by atoms with Gasteiger partial charge in [0.05, 0.1) is 24.1 Å². The second-order valence-electron chi connectivity index (χ2n) is 8.74. The molecule has 0 aliphatic carbocycles. The fourth-order valence-corrected chi connectivity index (χ4v) is 5.01. The van der Waals surface area contributed by atoms with Crippen LogP contribution >= 0.6 is 11.6 Å². The van der Waals surface area contributed by atoms with Crippen molar-refractivity contribution in [3.8, 4) is 5.75 Å². The molecule has 8 nitrogen and oxygen atoms in total. The number of carbonyl (C=O) groups is 2. The summed E-state index contributed by atoms with van der Waals surface area (Å²) in [4.78, 5) is 27.5. The number of amides is 2. The van der Waals surface area contributed by atoms with E-state index < -0.39 is 16.1 Å². The second kappa shape index (κ2) is 13.5. The molecule has 2 amide bonds. The first-order valence-corrected chi connectivity index (χ1v) is 14.1. The monoisotopic (exact) mass is 537 g/mol. The number of methoxy groups -OCH3 is 1. The molecule has 36 heavy (non-hydrogen) atoms. The summed E-state index contributed by atoms with van der Waals surface area (Å²) in [6, 6.07) is 11.8. The highest BCUT2D eigenvalue weighted by Crippen LogP contribution is 2.30. The number of hydrogen-bond acceptors (Lipinski definition) is 5. The first-order chi connectivity index (χ1) is 17.0. The first kappa shape index (κ1) is 29.5. The molecular weight excluding hydrogens is 502 g/mol. The van der Waals surface area contributed by atoms with Crippen molar-refractivity contribution < 1.29 is 22.7 Å². The van der Waals surface area contributed by atoms with Gasteiger partial charge in [-0.25, -0.2) is 8.42 Å². The summed E-state index contributed by atoms with van der Waals surface area (Å²) < 4.78 is 31.3. The van der Waals surface area contributed by atoms with Crippen molar-refractivity contribution in [1.82, 2.24) is 10.2 Å². The van der Waals surface area contributed by atoms with Crippen LogP contribution in [0.4, 0.5) is 5.69 Å². The van der Waals surface area contributed by atoms with E-state index in [2.05, 4.69) is 5.32 Å².